The number of hydrogen-bond donors (Lipinski definition) is 2. The summed E-state index contributed by atoms with van der Waals surface area (Å²) in [6.45, 7) is 1.06. The molecular weight excluding hydrogens is 138 g/mol. The number of nitrogens with one attached hydrogen (secondary N) is 1. The fourth-order valence-electron chi connectivity index (χ4n) is 0.817. The molecule has 59 valence electrons. The molecule has 0 unspecified atom stereocenters. The van der Waals surface area contributed by atoms with Gasteiger partial charge in [-0.25, -0.2) is 0 Å². The van der Waals surface area contributed by atoms with Crippen LogP contribution in [0.4, 0.5) is 5.69 Å². The van der Waals surface area contributed by atoms with Gasteiger partial charge in [-0.1, -0.05) is 12.1 Å². The smallest absolute Gasteiger partial charge is 0.0447 e. The van der Waals surface area contributed by atoms with Gasteiger partial charge in [0.25, 0.3) is 0 Å². The normalized spacial score (nSPS) is 9.55. The van der Waals surface area contributed by atoms with E-state index in [0.717, 1.165) is 18.7 Å². The molecule has 2 nitrogen and oxygen atoms in total. The van der Waals surface area contributed by atoms with Crippen LogP contribution >= 0.6 is 0 Å². The molecule has 0 heterocycles. The van der Waals surface area contributed by atoms with Crippen molar-refractivity contribution in [3.8, 4) is 0 Å². The van der Waals surface area contributed by atoms with Gasteiger partial charge in [0.1, 0.15) is 0 Å². The van der Waals surface area contributed by atoms with Crippen molar-refractivity contribution in [3.63, 3.8) is 0 Å². The molecule has 1 rings (SSSR count). The van der Waals surface area contributed by atoms with Crippen LogP contribution in [-0.4, -0.2) is 18.3 Å². The van der Waals surface area contributed by atoms with Crippen molar-refractivity contribution in [2.45, 2.75) is 6.42 Å². The Bertz CT molecular complexity index is 186. The maximum absolute atomic E-state index is 8.50. The minimum atomic E-state index is 0.242. The van der Waals surface area contributed by atoms with Gasteiger partial charge in [0.2, 0.25) is 0 Å². The maximum atomic E-state index is 8.50. The molecule has 0 amide bonds. The highest BCUT2D eigenvalue weighted by atomic mass is 16.3. The molecule has 0 aliphatic heterocycles. The highest BCUT2D eigenvalue weighted by Crippen LogP contribution is 2.03. The van der Waals surface area contributed by atoms with Gasteiger partial charge in [0.05, 0.1) is 0 Å². The van der Waals surface area contributed by atoms with Crippen LogP contribution in [0.1, 0.15) is 6.42 Å². The van der Waals surface area contributed by atoms with E-state index in [9.17, 15) is 0 Å². The lowest BCUT2D eigenvalue weighted by molar-refractivity contribution is 0.292. The lowest BCUT2D eigenvalue weighted by atomic mass is 10.3. The van der Waals surface area contributed by atoms with Crippen LogP contribution < -0.4 is 5.32 Å². The molecule has 0 bridgehead atoms. The first-order chi connectivity index (χ1) is 5.43. The molecule has 1 radical (unpaired) electrons. The lowest BCUT2D eigenvalue weighted by Gasteiger charge is -2.02. The first-order valence-corrected chi connectivity index (χ1v) is 3.74. The largest absolute Gasteiger partial charge is 0.396 e. The predicted molar refractivity (Wildman–Crippen MR) is 45.5 cm³/mol. The van der Waals surface area contributed by atoms with Gasteiger partial charge >= 0.3 is 0 Å². The highest BCUT2D eigenvalue weighted by molar-refractivity contribution is 5.41. The van der Waals surface area contributed by atoms with Gasteiger partial charge in [-0.3, -0.25) is 0 Å². The summed E-state index contributed by atoms with van der Waals surface area (Å²) in [5.74, 6) is 0. The Kier molecular flexibility index (Phi) is 3.48. The molecule has 0 fully saturated rings. The van der Waals surface area contributed by atoms with Gasteiger partial charge in [0, 0.05) is 18.8 Å². The summed E-state index contributed by atoms with van der Waals surface area (Å²) in [4.78, 5) is 0. The molecule has 11 heavy (non-hydrogen) atoms. The molecule has 2 heteroatoms. The standard InChI is InChI=1S/C9H12NO/c11-8-4-7-10-9-5-2-1-3-6-9/h2-3,5-6,10-11H,4,7-8H2. The SMILES string of the molecule is OCCCNc1cc[c]cc1. The fourth-order valence-corrected chi connectivity index (χ4v) is 0.817. The van der Waals surface area contributed by atoms with Crippen molar-refractivity contribution in [1.29, 1.82) is 0 Å². The average molecular weight is 150 g/mol. The molecule has 1 aromatic carbocycles. The predicted octanol–water partition coefficient (Wildman–Crippen LogP) is 1.28. The Hall–Kier alpha value is -1.02. The van der Waals surface area contributed by atoms with Crippen LogP contribution in [0, 0.1) is 6.07 Å². The quantitative estimate of drug-likeness (QED) is 0.634. The third-order valence-corrected chi connectivity index (χ3v) is 1.38. The van der Waals surface area contributed by atoms with Crippen LogP contribution in [0.25, 0.3) is 0 Å². The van der Waals surface area contributed by atoms with E-state index in [4.69, 9.17) is 5.11 Å². The third-order valence-electron chi connectivity index (χ3n) is 1.38. The van der Waals surface area contributed by atoms with Gasteiger partial charge in [0.15, 0.2) is 0 Å². The van der Waals surface area contributed by atoms with E-state index in [1.165, 1.54) is 0 Å². The molecule has 0 aliphatic rings. The third kappa shape index (κ3) is 3.05. The minimum absolute atomic E-state index is 0.242. The van der Waals surface area contributed by atoms with Crippen molar-refractivity contribution in [3.05, 3.63) is 30.3 Å². The van der Waals surface area contributed by atoms with Gasteiger partial charge in [-0.2, -0.15) is 0 Å². The molecule has 0 aromatic heterocycles. The summed E-state index contributed by atoms with van der Waals surface area (Å²) in [6.07, 6.45) is 0.790. The Labute approximate surface area is 66.9 Å². The van der Waals surface area contributed by atoms with Crippen LogP contribution in [0.2, 0.25) is 0 Å². The molecule has 0 saturated heterocycles. The lowest BCUT2D eigenvalue weighted by Crippen LogP contribution is -2.02. The zero-order valence-corrected chi connectivity index (χ0v) is 6.38. The number of aliphatic hydroxyl groups is 1. The minimum Gasteiger partial charge on any atom is -0.396 e. The first-order valence-electron chi connectivity index (χ1n) is 3.74. The number of hydrogen-bond acceptors (Lipinski definition) is 2. The second-order valence-electron chi connectivity index (χ2n) is 2.29. The summed E-state index contributed by atoms with van der Waals surface area (Å²) in [7, 11) is 0. The molecule has 0 atom stereocenters. The van der Waals surface area contributed by atoms with Crippen LogP contribution in [0.5, 0.6) is 0 Å². The molecule has 0 spiro atoms. The highest BCUT2D eigenvalue weighted by Gasteiger charge is 1.86. The monoisotopic (exact) mass is 150 g/mol. The van der Waals surface area contributed by atoms with Gasteiger partial charge in [-0.05, 0) is 24.6 Å². The number of anilines is 1. The number of aliphatic hydroxyl groups excluding tert-OH is 1. The summed E-state index contributed by atoms with van der Waals surface area (Å²) >= 11 is 0. The van der Waals surface area contributed by atoms with Gasteiger partial charge in [-0.15, -0.1) is 0 Å². The van der Waals surface area contributed by atoms with Gasteiger partial charge < -0.3 is 10.4 Å². The fraction of sp³-hybridized carbons (Fsp3) is 0.333. The molecule has 2 N–H and O–H groups in total. The molecule has 0 aliphatic carbocycles. The summed E-state index contributed by atoms with van der Waals surface area (Å²) in [5, 5.41) is 11.7. The molecular formula is C9H12NO. The van der Waals surface area contributed by atoms with E-state index in [0.29, 0.717) is 0 Å². The second-order valence-corrected chi connectivity index (χ2v) is 2.29. The Morgan fingerprint density at radius 1 is 1.36 bits per heavy atom. The number of benzene rings is 1. The maximum Gasteiger partial charge on any atom is 0.0447 e. The number of rotatable bonds is 4. The summed E-state index contributed by atoms with van der Waals surface area (Å²) < 4.78 is 0. The first kappa shape index (κ1) is 8.08. The van der Waals surface area contributed by atoms with E-state index in [1.807, 2.05) is 24.3 Å². The van der Waals surface area contributed by atoms with Crippen LogP contribution in [-0.2, 0) is 0 Å². The molecule has 0 saturated carbocycles. The van der Waals surface area contributed by atoms with E-state index >= 15 is 0 Å². The summed E-state index contributed by atoms with van der Waals surface area (Å²) in [5.41, 5.74) is 1.08. The van der Waals surface area contributed by atoms with Crippen molar-refractivity contribution < 1.29 is 5.11 Å². The topological polar surface area (TPSA) is 32.3 Å². The van der Waals surface area contributed by atoms with Crippen molar-refractivity contribution in [2.24, 2.45) is 0 Å². The zero-order chi connectivity index (χ0) is 7.94. The molecule has 1 aromatic rings. The van der Waals surface area contributed by atoms with E-state index in [1.54, 1.807) is 0 Å². The van der Waals surface area contributed by atoms with E-state index in [2.05, 4.69) is 11.4 Å². The summed E-state index contributed by atoms with van der Waals surface area (Å²) in [6, 6.07) is 10.6. The van der Waals surface area contributed by atoms with Crippen LogP contribution in [0.3, 0.4) is 0 Å². The van der Waals surface area contributed by atoms with Crippen molar-refractivity contribution in [1.82, 2.24) is 0 Å². The van der Waals surface area contributed by atoms with Crippen molar-refractivity contribution in [2.75, 3.05) is 18.5 Å². The van der Waals surface area contributed by atoms with Crippen LogP contribution in [0.15, 0.2) is 24.3 Å². The Morgan fingerprint density at radius 2 is 2.09 bits per heavy atom. The zero-order valence-electron chi connectivity index (χ0n) is 6.38. The Morgan fingerprint density at radius 3 is 2.73 bits per heavy atom. The van der Waals surface area contributed by atoms with Crippen molar-refractivity contribution >= 4 is 5.69 Å². The Balaban J connectivity index is 2.28. The second kappa shape index (κ2) is 4.74. The van der Waals surface area contributed by atoms with E-state index < -0.39 is 0 Å². The van der Waals surface area contributed by atoms with E-state index in [-0.39, 0.29) is 6.61 Å². The average Bonchev–Trinajstić information content (AvgIpc) is 2.07.